The zero-order chi connectivity index (χ0) is 34.9. The first kappa shape index (κ1) is 29.6. The first-order valence-corrected chi connectivity index (χ1v) is 18.1. The number of aromatic nitrogens is 1. The molecule has 0 aliphatic carbocycles. The van der Waals surface area contributed by atoms with Crippen molar-refractivity contribution in [2.45, 2.75) is 0 Å². The van der Waals surface area contributed by atoms with Crippen LogP contribution in [0.1, 0.15) is 0 Å². The Labute approximate surface area is 306 Å². The molecule has 2 aromatic heterocycles. The number of hydrogen-bond acceptors (Lipinski definition) is 2. The van der Waals surface area contributed by atoms with Crippen molar-refractivity contribution in [3.63, 3.8) is 0 Å². The van der Waals surface area contributed by atoms with Crippen LogP contribution in [0.4, 0.5) is 17.1 Å². The highest BCUT2D eigenvalue weighted by Gasteiger charge is 2.20. The van der Waals surface area contributed by atoms with Gasteiger partial charge in [0, 0.05) is 44.3 Å². The second-order valence-electron chi connectivity index (χ2n) is 13.7. The fourth-order valence-electron chi connectivity index (χ4n) is 8.43. The lowest BCUT2D eigenvalue weighted by atomic mass is 9.91. The molecule has 3 heteroatoms. The Hall–Kier alpha value is -7.10. The highest BCUT2D eigenvalue weighted by atomic mass is 16.3. The Bertz CT molecular complexity index is 3170. The van der Waals surface area contributed by atoms with Gasteiger partial charge in [-0.15, -0.1) is 0 Å². The molecule has 0 bridgehead atoms. The smallest absolute Gasteiger partial charge is 0.136 e. The molecule has 248 valence electrons. The highest BCUT2D eigenvalue weighted by Crippen LogP contribution is 2.45. The Morgan fingerprint density at radius 3 is 1.87 bits per heavy atom. The van der Waals surface area contributed by atoms with Crippen molar-refractivity contribution >= 4 is 82.4 Å². The fraction of sp³-hybridized carbons (Fsp3) is 0. The van der Waals surface area contributed by atoms with Crippen LogP contribution in [0.25, 0.3) is 82.1 Å². The van der Waals surface area contributed by atoms with E-state index in [1.54, 1.807) is 0 Å². The van der Waals surface area contributed by atoms with Crippen LogP contribution in [0.15, 0.2) is 199 Å². The van der Waals surface area contributed by atoms with E-state index in [0.717, 1.165) is 50.2 Å². The molecular formula is C50H32N2O. The van der Waals surface area contributed by atoms with Crippen molar-refractivity contribution in [1.82, 2.24) is 4.57 Å². The molecule has 0 amide bonds. The number of benzene rings is 9. The molecule has 53 heavy (non-hydrogen) atoms. The summed E-state index contributed by atoms with van der Waals surface area (Å²) >= 11 is 0. The van der Waals surface area contributed by atoms with Gasteiger partial charge in [0.2, 0.25) is 0 Å². The van der Waals surface area contributed by atoms with E-state index in [-0.39, 0.29) is 0 Å². The van der Waals surface area contributed by atoms with Crippen LogP contribution in [0, 0.1) is 0 Å². The molecule has 11 rings (SSSR count). The van der Waals surface area contributed by atoms with Gasteiger partial charge < -0.3 is 13.9 Å². The molecule has 0 saturated carbocycles. The van der Waals surface area contributed by atoms with E-state index in [2.05, 4.69) is 204 Å². The molecule has 0 N–H and O–H groups in total. The quantitative estimate of drug-likeness (QED) is 0.169. The minimum absolute atomic E-state index is 0.869. The normalized spacial score (nSPS) is 11.8. The van der Waals surface area contributed by atoms with Gasteiger partial charge in [0.25, 0.3) is 0 Å². The van der Waals surface area contributed by atoms with Crippen molar-refractivity contribution in [2.75, 3.05) is 4.90 Å². The summed E-state index contributed by atoms with van der Waals surface area (Å²) in [5, 5.41) is 9.66. The van der Waals surface area contributed by atoms with Gasteiger partial charge in [0.1, 0.15) is 11.2 Å². The average molecular weight is 677 g/mol. The van der Waals surface area contributed by atoms with Crippen LogP contribution in [0.5, 0.6) is 0 Å². The van der Waals surface area contributed by atoms with E-state index in [9.17, 15) is 0 Å². The van der Waals surface area contributed by atoms with Gasteiger partial charge in [-0.25, -0.2) is 0 Å². The maximum atomic E-state index is 6.59. The van der Waals surface area contributed by atoms with Crippen molar-refractivity contribution in [3.05, 3.63) is 194 Å². The maximum absolute atomic E-state index is 6.59. The summed E-state index contributed by atoms with van der Waals surface area (Å²) in [6, 6.07) is 69.7. The number of anilines is 3. The van der Waals surface area contributed by atoms with Crippen molar-refractivity contribution in [2.24, 2.45) is 0 Å². The van der Waals surface area contributed by atoms with Gasteiger partial charge in [-0.05, 0) is 105 Å². The Morgan fingerprint density at radius 2 is 1.02 bits per heavy atom. The fourth-order valence-corrected chi connectivity index (χ4v) is 8.43. The third-order valence-corrected chi connectivity index (χ3v) is 10.7. The molecule has 0 spiro atoms. The Balaban J connectivity index is 1.16. The van der Waals surface area contributed by atoms with E-state index >= 15 is 0 Å². The summed E-state index contributed by atoms with van der Waals surface area (Å²) in [5.74, 6) is 0. The lowest BCUT2D eigenvalue weighted by Crippen LogP contribution is -2.10. The van der Waals surface area contributed by atoms with Gasteiger partial charge in [-0.3, -0.25) is 0 Å². The van der Waals surface area contributed by atoms with Crippen LogP contribution < -0.4 is 4.90 Å². The summed E-state index contributed by atoms with van der Waals surface area (Å²) in [6.07, 6.45) is 0. The molecule has 0 saturated heterocycles. The number of hydrogen-bond donors (Lipinski definition) is 0. The molecule has 0 aliphatic heterocycles. The lowest BCUT2D eigenvalue weighted by Gasteiger charge is -2.26. The largest absolute Gasteiger partial charge is 0.456 e. The van der Waals surface area contributed by atoms with Gasteiger partial charge in [0.05, 0.1) is 11.0 Å². The SMILES string of the molecule is c1ccc(N(c2ccc3oc4cccc(-c5cc6ccccc6c6ccccc56)c4c3c2)c2ccc3c4ccccc4n(-c4ccccc4)c3c2)cc1. The molecule has 0 aliphatic rings. The molecule has 9 aromatic carbocycles. The number of fused-ring (bicyclic) bond motifs is 9. The van der Waals surface area contributed by atoms with Gasteiger partial charge in [-0.1, -0.05) is 121 Å². The molecule has 0 unspecified atom stereocenters. The maximum Gasteiger partial charge on any atom is 0.136 e. The highest BCUT2D eigenvalue weighted by molar-refractivity contribution is 6.20. The second-order valence-corrected chi connectivity index (χ2v) is 13.7. The third-order valence-electron chi connectivity index (χ3n) is 10.7. The van der Waals surface area contributed by atoms with Gasteiger partial charge >= 0.3 is 0 Å². The average Bonchev–Trinajstić information content (AvgIpc) is 3.77. The predicted octanol–water partition coefficient (Wildman–Crippen LogP) is 14.1. The van der Waals surface area contributed by atoms with Gasteiger partial charge in [0.15, 0.2) is 0 Å². The number of nitrogens with zero attached hydrogens (tertiary/aromatic N) is 2. The molecule has 0 atom stereocenters. The summed E-state index contributed by atoms with van der Waals surface area (Å²) in [6.45, 7) is 0. The molecular weight excluding hydrogens is 645 g/mol. The van der Waals surface area contributed by atoms with Crippen molar-refractivity contribution in [3.8, 4) is 16.8 Å². The van der Waals surface area contributed by atoms with Crippen LogP contribution in [-0.2, 0) is 0 Å². The van der Waals surface area contributed by atoms with Crippen LogP contribution in [-0.4, -0.2) is 4.57 Å². The first-order chi connectivity index (χ1) is 26.3. The van der Waals surface area contributed by atoms with E-state index in [0.29, 0.717) is 0 Å². The first-order valence-electron chi connectivity index (χ1n) is 18.1. The molecule has 3 nitrogen and oxygen atoms in total. The topological polar surface area (TPSA) is 21.3 Å². The monoisotopic (exact) mass is 676 g/mol. The predicted molar refractivity (Wildman–Crippen MR) is 223 cm³/mol. The summed E-state index contributed by atoms with van der Waals surface area (Å²) in [4.78, 5) is 2.36. The summed E-state index contributed by atoms with van der Waals surface area (Å²) in [7, 11) is 0. The summed E-state index contributed by atoms with van der Waals surface area (Å²) in [5.41, 5.74) is 10.8. The Kier molecular flexibility index (Phi) is 6.55. The van der Waals surface area contributed by atoms with E-state index < -0.39 is 0 Å². The van der Waals surface area contributed by atoms with Crippen LogP contribution in [0.2, 0.25) is 0 Å². The number of furan rings is 1. The molecule has 11 aromatic rings. The van der Waals surface area contributed by atoms with Crippen LogP contribution >= 0.6 is 0 Å². The Morgan fingerprint density at radius 1 is 0.358 bits per heavy atom. The van der Waals surface area contributed by atoms with Crippen molar-refractivity contribution in [1.29, 1.82) is 0 Å². The zero-order valence-electron chi connectivity index (χ0n) is 28.8. The van der Waals surface area contributed by atoms with E-state index in [1.807, 2.05) is 0 Å². The van der Waals surface area contributed by atoms with E-state index in [1.165, 1.54) is 49.0 Å². The van der Waals surface area contributed by atoms with Crippen LogP contribution in [0.3, 0.4) is 0 Å². The van der Waals surface area contributed by atoms with Gasteiger partial charge in [-0.2, -0.15) is 0 Å². The third kappa shape index (κ3) is 4.61. The number of para-hydroxylation sites is 3. The second kappa shape index (κ2) is 11.7. The molecule has 0 fully saturated rings. The summed E-state index contributed by atoms with van der Waals surface area (Å²) < 4.78 is 8.97. The van der Waals surface area contributed by atoms with E-state index in [4.69, 9.17) is 4.42 Å². The minimum atomic E-state index is 0.869. The zero-order valence-corrected chi connectivity index (χ0v) is 28.8. The minimum Gasteiger partial charge on any atom is -0.456 e. The van der Waals surface area contributed by atoms with Crippen molar-refractivity contribution < 1.29 is 4.42 Å². The molecule has 0 radical (unpaired) electrons. The number of rotatable bonds is 5. The lowest BCUT2D eigenvalue weighted by molar-refractivity contribution is 0.669. The standard InChI is InChI=1S/C50H32N2O/c1-3-15-34(16-4-1)51(37-26-28-42-41-22-11-12-24-46(41)52(47(42)32-37)35-17-5-2-6-18-35)36-27-29-48-45(31-36)50-43(23-13-25-49(50)53-48)44-30-33-14-7-8-19-38(33)39-20-9-10-21-40(39)44/h1-32H. The molecule has 2 heterocycles.